The van der Waals surface area contributed by atoms with Gasteiger partial charge in [0.1, 0.15) is 8.07 Å². The number of hydrogen-bond acceptors (Lipinski definition) is 2. The lowest BCUT2D eigenvalue weighted by Gasteiger charge is -2.36. The minimum atomic E-state index is -2.07. The van der Waals surface area contributed by atoms with E-state index >= 15 is 0 Å². The van der Waals surface area contributed by atoms with Crippen LogP contribution in [0.1, 0.15) is 12.8 Å². The van der Waals surface area contributed by atoms with Gasteiger partial charge < -0.3 is 5.11 Å². The zero-order valence-electron chi connectivity index (χ0n) is 12.4. The molecule has 0 radical (unpaired) electrons. The molecule has 3 heteroatoms. The molecule has 2 aromatic carbocycles. The van der Waals surface area contributed by atoms with Crippen LogP contribution in [0.4, 0.5) is 0 Å². The van der Waals surface area contributed by atoms with Gasteiger partial charge in [0.2, 0.25) is 0 Å². The molecule has 0 aliphatic rings. The Bertz CT molecular complexity index is 552. The number of hydrogen-bond donors (Lipinski definition) is 1. The normalized spacial score (nSPS) is 12.6. The highest BCUT2D eigenvalue weighted by molar-refractivity contribution is 7.02. The number of nitrogens with zero attached hydrogens (tertiary/aromatic N) is 1. The highest BCUT2D eigenvalue weighted by Gasteiger charge is 2.39. The number of rotatable bonds is 6. The highest BCUT2D eigenvalue weighted by atomic mass is 28.3. The van der Waals surface area contributed by atoms with Gasteiger partial charge >= 0.3 is 0 Å². The quantitative estimate of drug-likeness (QED) is 0.832. The second-order valence-electron chi connectivity index (χ2n) is 5.51. The molecule has 2 nitrogen and oxygen atoms in total. The van der Waals surface area contributed by atoms with Gasteiger partial charge in [0, 0.05) is 13.0 Å². The fraction of sp³-hybridized carbons (Fsp3) is 0.278. The molecule has 0 spiro atoms. The van der Waals surface area contributed by atoms with Crippen molar-refractivity contribution in [1.29, 1.82) is 5.26 Å². The van der Waals surface area contributed by atoms with Gasteiger partial charge in [-0.05, 0) is 12.0 Å². The zero-order valence-corrected chi connectivity index (χ0v) is 13.4. The predicted molar refractivity (Wildman–Crippen MR) is 89.5 cm³/mol. The molecule has 1 N–H and O–H groups in total. The lowest BCUT2D eigenvalue weighted by molar-refractivity contribution is 0.282. The van der Waals surface area contributed by atoms with Crippen LogP contribution in [0, 0.1) is 11.3 Å². The Kier molecular flexibility index (Phi) is 5.32. The molecule has 21 heavy (non-hydrogen) atoms. The monoisotopic (exact) mass is 295 g/mol. The van der Waals surface area contributed by atoms with Gasteiger partial charge in [0.15, 0.2) is 0 Å². The molecular weight excluding hydrogens is 274 g/mol. The summed E-state index contributed by atoms with van der Waals surface area (Å²) in [6, 6.07) is 23.1. The van der Waals surface area contributed by atoms with E-state index in [9.17, 15) is 5.11 Å². The first kappa shape index (κ1) is 15.5. The van der Waals surface area contributed by atoms with Gasteiger partial charge in [-0.1, -0.05) is 77.6 Å². The summed E-state index contributed by atoms with van der Waals surface area (Å²) in [6.07, 6.45) is 1.24. The molecular formula is C18H21NOSi. The Morgan fingerprint density at radius 1 is 1.00 bits per heavy atom. The van der Waals surface area contributed by atoms with E-state index in [1.807, 2.05) is 12.1 Å². The van der Waals surface area contributed by atoms with E-state index in [2.05, 4.69) is 61.1 Å². The van der Waals surface area contributed by atoms with E-state index in [1.165, 1.54) is 10.4 Å². The van der Waals surface area contributed by atoms with Crippen LogP contribution >= 0.6 is 0 Å². The topological polar surface area (TPSA) is 44.0 Å². The second kappa shape index (κ2) is 7.21. The number of nitriles is 1. The molecule has 2 rings (SSSR count). The molecule has 0 bridgehead atoms. The van der Waals surface area contributed by atoms with E-state index in [-0.39, 0.29) is 12.1 Å². The van der Waals surface area contributed by atoms with Crippen molar-refractivity contribution < 1.29 is 5.11 Å². The average Bonchev–Trinajstić information content (AvgIpc) is 2.57. The van der Waals surface area contributed by atoms with Crippen LogP contribution < -0.4 is 10.4 Å². The van der Waals surface area contributed by atoms with Crippen molar-refractivity contribution in [2.24, 2.45) is 0 Å². The van der Waals surface area contributed by atoms with Crippen molar-refractivity contribution >= 4 is 18.4 Å². The molecule has 2 aromatic rings. The largest absolute Gasteiger partial charge is 0.396 e. The molecule has 1 atom stereocenters. The molecule has 0 amide bonds. The lowest BCUT2D eigenvalue weighted by atomic mass is 10.2. The van der Waals surface area contributed by atoms with E-state index in [0.29, 0.717) is 6.42 Å². The maximum Gasteiger partial charge on any atom is 0.120 e. The minimum Gasteiger partial charge on any atom is -0.396 e. The Balaban J connectivity index is 2.51. The van der Waals surface area contributed by atoms with E-state index < -0.39 is 8.07 Å². The van der Waals surface area contributed by atoms with Crippen LogP contribution in [0.25, 0.3) is 0 Å². The molecule has 0 saturated heterocycles. The first-order valence-electron chi connectivity index (χ1n) is 7.32. The Morgan fingerprint density at radius 2 is 1.48 bits per heavy atom. The summed E-state index contributed by atoms with van der Waals surface area (Å²) in [7, 11) is -2.07. The summed E-state index contributed by atoms with van der Waals surface area (Å²) >= 11 is 0. The van der Waals surface area contributed by atoms with Gasteiger partial charge in [-0.15, -0.1) is 0 Å². The van der Waals surface area contributed by atoms with Crippen LogP contribution in [-0.2, 0) is 0 Å². The minimum absolute atomic E-state index is 0.133. The Hall–Kier alpha value is -1.89. The molecule has 1 unspecified atom stereocenters. The second-order valence-corrected chi connectivity index (χ2v) is 9.89. The summed E-state index contributed by atoms with van der Waals surface area (Å²) in [5, 5.41) is 21.5. The first-order valence-corrected chi connectivity index (χ1v) is 9.90. The van der Waals surface area contributed by atoms with Gasteiger partial charge in [-0.3, -0.25) is 0 Å². The van der Waals surface area contributed by atoms with Crippen molar-refractivity contribution in [2.75, 3.05) is 6.61 Å². The maximum atomic E-state index is 9.94. The molecule has 0 heterocycles. The molecule has 0 aliphatic heterocycles. The van der Waals surface area contributed by atoms with Crippen molar-refractivity contribution in [1.82, 2.24) is 0 Å². The van der Waals surface area contributed by atoms with Crippen LogP contribution in [0.3, 0.4) is 0 Å². The summed E-state index contributed by atoms with van der Waals surface area (Å²) < 4.78 is 0. The molecule has 0 saturated carbocycles. The molecule has 108 valence electrons. The van der Waals surface area contributed by atoms with E-state index in [0.717, 1.165) is 6.42 Å². The van der Waals surface area contributed by atoms with Gasteiger partial charge in [0.25, 0.3) is 0 Å². The zero-order chi connectivity index (χ0) is 15.1. The summed E-state index contributed by atoms with van der Waals surface area (Å²) in [5.41, 5.74) is 0.155. The number of benzene rings is 2. The number of aliphatic hydroxyl groups is 1. The average molecular weight is 295 g/mol. The summed E-state index contributed by atoms with van der Waals surface area (Å²) in [5.74, 6) is 0. The summed E-state index contributed by atoms with van der Waals surface area (Å²) in [4.78, 5) is 0. The lowest BCUT2D eigenvalue weighted by Crippen LogP contribution is -2.59. The SMILES string of the molecule is C[Si](c1ccccc1)(c1ccccc1)C(CO)CCC#N. The highest BCUT2D eigenvalue weighted by Crippen LogP contribution is 2.26. The molecule has 0 aromatic heterocycles. The standard InChI is InChI=1S/C18H21NOSi/c1-21(16-9-4-2-5-10-16,17-11-6-3-7-12-17)18(15-20)13-8-14-19/h2-7,9-12,18,20H,8,13,15H2,1H3. The van der Waals surface area contributed by atoms with Gasteiger partial charge in [0.05, 0.1) is 6.07 Å². The molecule has 0 aliphatic carbocycles. The Morgan fingerprint density at radius 3 is 1.86 bits per heavy atom. The number of aliphatic hydroxyl groups excluding tert-OH is 1. The van der Waals surface area contributed by atoms with Crippen molar-refractivity contribution in [3.8, 4) is 6.07 Å². The van der Waals surface area contributed by atoms with Crippen molar-refractivity contribution in [2.45, 2.75) is 24.9 Å². The fourth-order valence-electron chi connectivity index (χ4n) is 3.01. The summed E-state index contributed by atoms with van der Waals surface area (Å²) in [6.45, 7) is 2.43. The predicted octanol–water partition coefficient (Wildman–Crippen LogP) is 2.55. The van der Waals surface area contributed by atoms with Crippen LogP contribution in [0.15, 0.2) is 60.7 Å². The Labute approximate surface area is 127 Å². The van der Waals surface area contributed by atoms with Crippen LogP contribution in [0.2, 0.25) is 12.1 Å². The van der Waals surface area contributed by atoms with Crippen molar-refractivity contribution in [3.05, 3.63) is 60.7 Å². The van der Waals surface area contributed by atoms with Gasteiger partial charge in [-0.2, -0.15) is 5.26 Å². The molecule has 0 fully saturated rings. The third kappa shape index (κ3) is 3.23. The van der Waals surface area contributed by atoms with Gasteiger partial charge in [-0.25, -0.2) is 0 Å². The van der Waals surface area contributed by atoms with E-state index in [1.54, 1.807) is 0 Å². The maximum absolute atomic E-state index is 9.94. The van der Waals surface area contributed by atoms with Crippen molar-refractivity contribution in [3.63, 3.8) is 0 Å². The van der Waals surface area contributed by atoms with Crippen LogP contribution in [0.5, 0.6) is 0 Å². The third-order valence-electron chi connectivity index (χ3n) is 4.39. The third-order valence-corrected chi connectivity index (χ3v) is 9.56. The smallest absolute Gasteiger partial charge is 0.120 e. The fourth-order valence-corrected chi connectivity index (χ4v) is 7.14. The van der Waals surface area contributed by atoms with Crippen LogP contribution in [-0.4, -0.2) is 19.8 Å². The van der Waals surface area contributed by atoms with E-state index in [4.69, 9.17) is 5.26 Å². The first-order chi connectivity index (χ1) is 10.2.